The van der Waals surface area contributed by atoms with Crippen molar-refractivity contribution in [3.63, 3.8) is 0 Å². The van der Waals surface area contributed by atoms with Crippen molar-refractivity contribution in [2.24, 2.45) is 5.92 Å². The second kappa shape index (κ2) is 7.24. The Morgan fingerprint density at radius 1 is 0.917 bits per heavy atom. The fourth-order valence-electron chi connectivity index (χ4n) is 4.46. The SMILES string of the molecule is O=C([C@@H]1CCC(=O)N(C2CC2)C1)N1CCC(N2CCSCC2)CC1. The summed E-state index contributed by atoms with van der Waals surface area (Å²) < 4.78 is 0. The highest BCUT2D eigenvalue weighted by Crippen LogP contribution is 2.32. The van der Waals surface area contributed by atoms with E-state index in [0.717, 1.165) is 45.2 Å². The molecular weight excluding hydrogens is 322 g/mol. The molecule has 0 aromatic heterocycles. The molecule has 4 fully saturated rings. The number of hydrogen-bond acceptors (Lipinski definition) is 4. The Kier molecular flexibility index (Phi) is 5.04. The van der Waals surface area contributed by atoms with Gasteiger partial charge in [-0.1, -0.05) is 0 Å². The molecule has 0 aromatic carbocycles. The molecule has 4 aliphatic rings. The van der Waals surface area contributed by atoms with Gasteiger partial charge in [0.15, 0.2) is 0 Å². The molecule has 1 saturated carbocycles. The topological polar surface area (TPSA) is 43.9 Å². The van der Waals surface area contributed by atoms with Crippen LogP contribution in [-0.2, 0) is 9.59 Å². The van der Waals surface area contributed by atoms with Crippen molar-refractivity contribution in [1.29, 1.82) is 0 Å². The third-order valence-electron chi connectivity index (χ3n) is 6.12. The molecule has 24 heavy (non-hydrogen) atoms. The first-order chi connectivity index (χ1) is 11.7. The van der Waals surface area contributed by atoms with Crippen LogP contribution in [0.5, 0.6) is 0 Å². The normalized spacial score (nSPS) is 30.7. The fourth-order valence-corrected chi connectivity index (χ4v) is 5.40. The highest BCUT2D eigenvalue weighted by Gasteiger charge is 2.40. The van der Waals surface area contributed by atoms with Crippen LogP contribution in [0.4, 0.5) is 0 Å². The van der Waals surface area contributed by atoms with E-state index in [0.29, 0.717) is 31.0 Å². The van der Waals surface area contributed by atoms with Crippen molar-refractivity contribution in [2.45, 2.75) is 50.6 Å². The predicted octanol–water partition coefficient (Wildman–Crippen LogP) is 1.43. The molecular formula is C18H29N3O2S. The maximum Gasteiger partial charge on any atom is 0.227 e. The van der Waals surface area contributed by atoms with E-state index in [1.54, 1.807) is 0 Å². The predicted molar refractivity (Wildman–Crippen MR) is 96.0 cm³/mol. The van der Waals surface area contributed by atoms with Gasteiger partial charge in [-0.15, -0.1) is 0 Å². The third kappa shape index (κ3) is 3.59. The standard InChI is InChI=1S/C18H29N3O2S/c22-17-4-1-14(13-21(17)16-2-3-16)18(23)20-7-5-15(6-8-20)19-9-11-24-12-10-19/h14-16H,1-13H2/t14-/m1/s1. The second-order valence-corrected chi connectivity index (χ2v) is 8.94. The maximum absolute atomic E-state index is 12.9. The fraction of sp³-hybridized carbons (Fsp3) is 0.889. The smallest absolute Gasteiger partial charge is 0.227 e. The molecule has 5 nitrogen and oxygen atoms in total. The van der Waals surface area contributed by atoms with E-state index in [1.165, 1.54) is 24.6 Å². The van der Waals surface area contributed by atoms with Crippen molar-refractivity contribution in [3.8, 4) is 0 Å². The van der Waals surface area contributed by atoms with Crippen molar-refractivity contribution in [1.82, 2.24) is 14.7 Å². The van der Waals surface area contributed by atoms with Gasteiger partial charge in [-0.3, -0.25) is 14.5 Å². The summed E-state index contributed by atoms with van der Waals surface area (Å²) in [7, 11) is 0. The van der Waals surface area contributed by atoms with Gasteiger partial charge in [0.25, 0.3) is 0 Å². The van der Waals surface area contributed by atoms with Gasteiger partial charge >= 0.3 is 0 Å². The number of amides is 2. The van der Waals surface area contributed by atoms with E-state index >= 15 is 0 Å². The van der Waals surface area contributed by atoms with Crippen LogP contribution < -0.4 is 0 Å². The minimum Gasteiger partial charge on any atom is -0.342 e. The molecule has 0 unspecified atom stereocenters. The Morgan fingerprint density at radius 2 is 1.62 bits per heavy atom. The summed E-state index contributed by atoms with van der Waals surface area (Å²) in [5.41, 5.74) is 0. The largest absolute Gasteiger partial charge is 0.342 e. The van der Waals surface area contributed by atoms with Crippen LogP contribution in [0.3, 0.4) is 0 Å². The first-order valence-corrected chi connectivity index (χ1v) is 10.8. The molecule has 3 aliphatic heterocycles. The van der Waals surface area contributed by atoms with E-state index in [4.69, 9.17) is 0 Å². The molecule has 2 amide bonds. The monoisotopic (exact) mass is 351 g/mol. The lowest BCUT2D eigenvalue weighted by Gasteiger charge is -2.41. The number of carbonyl (C=O) groups excluding carboxylic acids is 2. The molecule has 0 bridgehead atoms. The Balaban J connectivity index is 1.28. The Hall–Kier alpha value is -0.750. The number of hydrogen-bond donors (Lipinski definition) is 0. The van der Waals surface area contributed by atoms with Gasteiger partial charge < -0.3 is 9.80 Å². The highest BCUT2D eigenvalue weighted by atomic mass is 32.2. The van der Waals surface area contributed by atoms with Crippen LogP contribution in [-0.4, -0.2) is 82.8 Å². The second-order valence-electron chi connectivity index (χ2n) is 7.72. The average molecular weight is 352 g/mol. The molecule has 3 saturated heterocycles. The molecule has 0 radical (unpaired) electrons. The van der Waals surface area contributed by atoms with Gasteiger partial charge in [-0.2, -0.15) is 11.8 Å². The number of nitrogens with zero attached hydrogens (tertiary/aromatic N) is 3. The zero-order valence-electron chi connectivity index (χ0n) is 14.5. The van der Waals surface area contributed by atoms with Gasteiger partial charge in [0.1, 0.15) is 0 Å². The van der Waals surface area contributed by atoms with Gasteiger partial charge in [0.2, 0.25) is 11.8 Å². The van der Waals surface area contributed by atoms with Crippen LogP contribution in [0.15, 0.2) is 0 Å². The Bertz CT molecular complexity index is 483. The zero-order chi connectivity index (χ0) is 16.5. The van der Waals surface area contributed by atoms with Crippen LogP contribution in [0, 0.1) is 5.92 Å². The Morgan fingerprint density at radius 3 is 2.29 bits per heavy atom. The molecule has 134 valence electrons. The molecule has 0 N–H and O–H groups in total. The van der Waals surface area contributed by atoms with E-state index in [-0.39, 0.29) is 11.8 Å². The minimum atomic E-state index is 0.0474. The molecule has 1 aliphatic carbocycles. The highest BCUT2D eigenvalue weighted by molar-refractivity contribution is 7.99. The van der Waals surface area contributed by atoms with E-state index in [2.05, 4.69) is 21.6 Å². The zero-order valence-corrected chi connectivity index (χ0v) is 15.3. The number of thioether (sulfide) groups is 1. The van der Waals surface area contributed by atoms with E-state index in [1.807, 2.05) is 4.90 Å². The van der Waals surface area contributed by atoms with Crippen LogP contribution >= 0.6 is 11.8 Å². The third-order valence-corrected chi connectivity index (χ3v) is 7.06. The maximum atomic E-state index is 12.9. The molecule has 1 atom stereocenters. The number of carbonyl (C=O) groups is 2. The first kappa shape index (κ1) is 16.7. The number of piperidine rings is 2. The van der Waals surface area contributed by atoms with Gasteiger partial charge in [-0.05, 0) is 32.1 Å². The van der Waals surface area contributed by atoms with Crippen molar-refractivity contribution in [3.05, 3.63) is 0 Å². The van der Waals surface area contributed by atoms with E-state index in [9.17, 15) is 9.59 Å². The number of likely N-dealkylation sites (tertiary alicyclic amines) is 2. The summed E-state index contributed by atoms with van der Waals surface area (Å²) in [4.78, 5) is 31.6. The lowest BCUT2D eigenvalue weighted by atomic mass is 9.94. The lowest BCUT2D eigenvalue weighted by Crippen LogP contribution is -2.52. The van der Waals surface area contributed by atoms with Crippen molar-refractivity contribution in [2.75, 3.05) is 44.2 Å². The van der Waals surface area contributed by atoms with Crippen molar-refractivity contribution >= 4 is 23.6 Å². The molecule has 6 heteroatoms. The van der Waals surface area contributed by atoms with Crippen LogP contribution in [0.1, 0.15) is 38.5 Å². The summed E-state index contributed by atoms with van der Waals surface area (Å²) in [5, 5.41) is 0. The summed E-state index contributed by atoms with van der Waals surface area (Å²) in [6.45, 7) is 4.91. The summed E-state index contributed by atoms with van der Waals surface area (Å²) >= 11 is 2.06. The quantitative estimate of drug-likeness (QED) is 0.772. The van der Waals surface area contributed by atoms with Gasteiger partial charge in [-0.25, -0.2) is 0 Å². The molecule has 3 heterocycles. The summed E-state index contributed by atoms with van der Waals surface area (Å²) in [5.74, 6) is 3.13. The average Bonchev–Trinajstić information content (AvgIpc) is 3.47. The molecule has 4 rings (SSSR count). The van der Waals surface area contributed by atoms with E-state index < -0.39 is 0 Å². The number of rotatable bonds is 3. The van der Waals surface area contributed by atoms with Crippen LogP contribution in [0.2, 0.25) is 0 Å². The first-order valence-electron chi connectivity index (χ1n) is 9.62. The summed E-state index contributed by atoms with van der Waals surface area (Å²) in [6, 6.07) is 1.11. The van der Waals surface area contributed by atoms with Gasteiger partial charge in [0.05, 0.1) is 5.92 Å². The van der Waals surface area contributed by atoms with Crippen molar-refractivity contribution < 1.29 is 9.59 Å². The minimum absolute atomic E-state index is 0.0474. The van der Waals surface area contributed by atoms with Gasteiger partial charge in [0, 0.05) is 62.7 Å². The Labute approximate surface area is 149 Å². The molecule has 0 spiro atoms. The molecule has 0 aromatic rings. The summed E-state index contributed by atoms with van der Waals surface area (Å²) in [6.07, 6.45) is 5.82. The lowest BCUT2D eigenvalue weighted by molar-refractivity contribution is -0.144. The van der Waals surface area contributed by atoms with Crippen LogP contribution in [0.25, 0.3) is 0 Å².